The Bertz CT molecular complexity index is 503. The summed E-state index contributed by atoms with van der Waals surface area (Å²) in [7, 11) is 0. The molecule has 1 N–H and O–H groups in total. The van der Waals surface area contributed by atoms with Crippen LogP contribution in [0.15, 0.2) is 24.3 Å². The number of nitrogens with one attached hydrogen (secondary N) is 1. The van der Waals surface area contributed by atoms with Gasteiger partial charge in [0.1, 0.15) is 5.82 Å². The lowest BCUT2D eigenvalue weighted by molar-refractivity contribution is -0.132. The van der Waals surface area contributed by atoms with Crippen LogP contribution in [-0.4, -0.2) is 36.0 Å². The third kappa shape index (κ3) is 4.77. The molecule has 3 nitrogen and oxygen atoms in total. The molecule has 1 saturated heterocycles. The van der Waals surface area contributed by atoms with E-state index in [9.17, 15) is 9.18 Å². The second kappa shape index (κ2) is 7.91. The van der Waals surface area contributed by atoms with E-state index < -0.39 is 0 Å². The summed E-state index contributed by atoms with van der Waals surface area (Å²) in [6, 6.07) is 7.74. The molecule has 1 amide bonds. The molecule has 0 spiro atoms. The van der Waals surface area contributed by atoms with Crippen molar-refractivity contribution < 1.29 is 9.18 Å². The van der Waals surface area contributed by atoms with Gasteiger partial charge in [-0.3, -0.25) is 4.79 Å². The highest BCUT2D eigenvalue weighted by atomic mass is 19.1. The first kappa shape index (κ1) is 16.4. The number of piperidine rings is 1. The average Bonchev–Trinajstić information content (AvgIpc) is 3.08. The number of benzene rings is 1. The van der Waals surface area contributed by atoms with Crippen LogP contribution in [0.1, 0.15) is 50.5 Å². The summed E-state index contributed by atoms with van der Waals surface area (Å²) in [5.74, 6) is 0.00514. The summed E-state index contributed by atoms with van der Waals surface area (Å²) in [4.78, 5) is 14.3. The molecule has 1 heterocycles. The Morgan fingerprint density at radius 1 is 1.04 bits per heavy atom. The molecule has 23 heavy (non-hydrogen) atoms. The van der Waals surface area contributed by atoms with E-state index in [-0.39, 0.29) is 11.7 Å². The summed E-state index contributed by atoms with van der Waals surface area (Å²) >= 11 is 0. The third-order valence-electron chi connectivity index (χ3n) is 5.22. The molecule has 1 saturated carbocycles. The molecule has 0 bridgehead atoms. The quantitative estimate of drug-likeness (QED) is 0.903. The maximum absolute atomic E-state index is 12.9. The predicted octanol–water partition coefficient (Wildman–Crippen LogP) is 3.28. The first-order chi connectivity index (χ1) is 11.2. The molecule has 1 aliphatic heterocycles. The second-order valence-corrected chi connectivity index (χ2v) is 6.93. The average molecular weight is 318 g/mol. The number of rotatable bonds is 5. The van der Waals surface area contributed by atoms with Crippen LogP contribution in [0.3, 0.4) is 0 Å². The van der Waals surface area contributed by atoms with Gasteiger partial charge in [-0.15, -0.1) is 0 Å². The van der Waals surface area contributed by atoms with Gasteiger partial charge in [0.25, 0.3) is 0 Å². The smallest absolute Gasteiger partial charge is 0.222 e. The van der Waals surface area contributed by atoms with Gasteiger partial charge in [-0.05, 0) is 49.8 Å². The van der Waals surface area contributed by atoms with Crippen molar-refractivity contribution >= 4 is 5.91 Å². The minimum atomic E-state index is -0.225. The van der Waals surface area contributed by atoms with Gasteiger partial charge in [0.2, 0.25) is 5.91 Å². The van der Waals surface area contributed by atoms with Crippen LogP contribution < -0.4 is 5.32 Å². The summed E-state index contributed by atoms with van der Waals surface area (Å²) < 4.78 is 12.9. The topological polar surface area (TPSA) is 32.3 Å². The molecule has 0 radical (unpaired) electrons. The van der Waals surface area contributed by atoms with Gasteiger partial charge in [-0.2, -0.15) is 0 Å². The fraction of sp³-hybridized carbons (Fsp3) is 0.632. The summed E-state index contributed by atoms with van der Waals surface area (Å²) in [5.41, 5.74) is 1.03. The lowest BCUT2D eigenvalue weighted by Gasteiger charge is -2.34. The van der Waals surface area contributed by atoms with E-state index in [1.165, 1.54) is 37.8 Å². The van der Waals surface area contributed by atoms with Crippen LogP contribution in [0.2, 0.25) is 0 Å². The Morgan fingerprint density at radius 3 is 2.30 bits per heavy atom. The number of carbonyl (C=O) groups excluding carboxylic acids is 1. The standard InChI is InChI=1S/C19H27FN2O/c20-16-8-5-15(6-9-16)7-10-19(23)22-13-11-18(12-14-22)21-17-3-1-2-4-17/h5-6,8-9,17-18,21H,1-4,7,10-14H2. The van der Waals surface area contributed by atoms with Crippen molar-refractivity contribution in [2.45, 2.75) is 63.5 Å². The molecule has 0 atom stereocenters. The SMILES string of the molecule is O=C(CCc1ccc(F)cc1)N1CCC(NC2CCCC2)CC1. The van der Waals surface area contributed by atoms with Crippen LogP contribution in [0.25, 0.3) is 0 Å². The lowest BCUT2D eigenvalue weighted by Crippen LogP contribution is -2.47. The molecule has 126 valence electrons. The molecule has 0 aromatic heterocycles. The Kier molecular flexibility index (Phi) is 5.65. The van der Waals surface area contributed by atoms with E-state index in [1.807, 2.05) is 4.90 Å². The third-order valence-corrected chi connectivity index (χ3v) is 5.22. The molecule has 1 aromatic rings. The highest BCUT2D eigenvalue weighted by molar-refractivity contribution is 5.76. The molecule has 1 aliphatic carbocycles. The fourth-order valence-corrected chi connectivity index (χ4v) is 3.78. The zero-order valence-electron chi connectivity index (χ0n) is 13.8. The zero-order chi connectivity index (χ0) is 16.1. The number of hydrogen-bond donors (Lipinski definition) is 1. The van der Waals surface area contributed by atoms with Crippen LogP contribution in [-0.2, 0) is 11.2 Å². The fourth-order valence-electron chi connectivity index (χ4n) is 3.78. The van der Waals surface area contributed by atoms with Gasteiger partial charge in [0, 0.05) is 31.6 Å². The summed E-state index contributed by atoms with van der Waals surface area (Å²) in [6.45, 7) is 1.74. The van der Waals surface area contributed by atoms with E-state index in [4.69, 9.17) is 0 Å². The number of likely N-dealkylation sites (tertiary alicyclic amines) is 1. The molecule has 3 rings (SSSR count). The van der Waals surface area contributed by atoms with Crippen molar-refractivity contribution in [1.82, 2.24) is 10.2 Å². The van der Waals surface area contributed by atoms with Crippen molar-refractivity contribution in [3.8, 4) is 0 Å². The largest absolute Gasteiger partial charge is 0.343 e. The van der Waals surface area contributed by atoms with Gasteiger partial charge in [0.15, 0.2) is 0 Å². The Balaban J connectivity index is 1.38. The molecule has 0 unspecified atom stereocenters. The zero-order valence-corrected chi connectivity index (χ0v) is 13.8. The van der Waals surface area contributed by atoms with Crippen molar-refractivity contribution in [2.75, 3.05) is 13.1 Å². The predicted molar refractivity (Wildman–Crippen MR) is 89.7 cm³/mol. The molecular weight excluding hydrogens is 291 g/mol. The summed E-state index contributed by atoms with van der Waals surface area (Å²) in [5, 5.41) is 3.77. The molecule has 1 aromatic carbocycles. The van der Waals surface area contributed by atoms with E-state index >= 15 is 0 Å². The number of hydrogen-bond acceptors (Lipinski definition) is 2. The first-order valence-electron chi connectivity index (χ1n) is 8.99. The van der Waals surface area contributed by atoms with E-state index in [2.05, 4.69) is 5.32 Å². The lowest BCUT2D eigenvalue weighted by atomic mass is 10.0. The number of amides is 1. The Morgan fingerprint density at radius 2 is 1.65 bits per heavy atom. The van der Waals surface area contributed by atoms with Gasteiger partial charge in [0.05, 0.1) is 0 Å². The highest BCUT2D eigenvalue weighted by Gasteiger charge is 2.25. The van der Waals surface area contributed by atoms with Gasteiger partial charge < -0.3 is 10.2 Å². The summed E-state index contributed by atoms with van der Waals surface area (Å²) in [6.07, 6.45) is 8.70. The van der Waals surface area contributed by atoms with Gasteiger partial charge >= 0.3 is 0 Å². The van der Waals surface area contributed by atoms with Crippen molar-refractivity contribution in [3.63, 3.8) is 0 Å². The molecular formula is C19H27FN2O. The van der Waals surface area contributed by atoms with Crippen LogP contribution in [0.4, 0.5) is 4.39 Å². The Labute approximate surface area is 138 Å². The number of carbonyl (C=O) groups is 1. The molecule has 4 heteroatoms. The monoisotopic (exact) mass is 318 g/mol. The first-order valence-corrected chi connectivity index (χ1v) is 8.99. The van der Waals surface area contributed by atoms with Gasteiger partial charge in [-0.1, -0.05) is 25.0 Å². The van der Waals surface area contributed by atoms with E-state index in [0.29, 0.717) is 24.9 Å². The Hall–Kier alpha value is -1.42. The highest BCUT2D eigenvalue weighted by Crippen LogP contribution is 2.21. The number of halogens is 1. The number of nitrogens with zero attached hydrogens (tertiary/aromatic N) is 1. The van der Waals surface area contributed by atoms with Crippen LogP contribution in [0.5, 0.6) is 0 Å². The van der Waals surface area contributed by atoms with E-state index in [1.54, 1.807) is 12.1 Å². The van der Waals surface area contributed by atoms with E-state index in [0.717, 1.165) is 31.5 Å². The van der Waals surface area contributed by atoms with Crippen molar-refractivity contribution in [1.29, 1.82) is 0 Å². The van der Waals surface area contributed by atoms with Crippen LogP contribution in [0, 0.1) is 5.82 Å². The number of aryl methyl sites for hydroxylation is 1. The van der Waals surface area contributed by atoms with Crippen molar-refractivity contribution in [3.05, 3.63) is 35.6 Å². The van der Waals surface area contributed by atoms with Gasteiger partial charge in [-0.25, -0.2) is 4.39 Å². The maximum Gasteiger partial charge on any atom is 0.222 e. The maximum atomic E-state index is 12.9. The molecule has 2 fully saturated rings. The normalized spacial score (nSPS) is 20.1. The molecule has 2 aliphatic rings. The minimum absolute atomic E-state index is 0.225. The van der Waals surface area contributed by atoms with Crippen LogP contribution >= 0.6 is 0 Å². The second-order valence-electron chi connectivity index (χ2n) is 6.93. The minimum Gasteiger partial charge on any atom is -0.343 e. The van der Waals surface area contributed by atoms with Crippen molar-refractivity contribution in [2.24, 2.45) is 0 Å².